The molecule has 0 N–H and O–H groups in total. The summed E-state index contributed by atoms with van der Waals surface area (Å²) in [7, 11) is 3.02. The summed E-state index contributed by atoms with van der Waals surface area (Å²) in [6.07, 6.45) is 1.32. The van der Waals surface area contributed by atoms with Gasteiger partial charge >= 0.3 is 12.1 Å². The molecule has 2 aromatic carbocycles. The molecular weight excluding hydrogens is 510 g/mol. The van der Waals surface area contributed by atoms with Crippen molar-refractivity contribution in [3.8, 4) is 5.75 Å². The zero-order chi connectivity index (χ0) is 29.2. The zero-order valence-electron chi connectivity index (χ0n) is 24.4. The highest BCUT2D eigenvalue weighted by molar-refractivity contribution is 5.95. The Hall–Kier alpha value is -3.69. The van der Waals surface area contributed by atoms with Crippen LogP contribution >= 0.6 is 0 Å². The number of ether oxygens (including phenoxy) is 3. The summed E-state index contributed by atoms with van der Waals surface area (Å²) in [5.41, 5.74) is 3.58. The van der Waals surface area contributed by atoms with Crippen molar-refractivity contribution in [1.82, 2.24) is 14.4 Å². The smallest absolute Gasteiger partial charge is 0.419 e. The summed E-state index contributed by atoms with van der Waals surface area (Å²) in [5, 5.41) is 0.925. The van der Waals surface area contributed by atoms with Crippen LogP contribution in [0, 0.1) is 6.92 Å². The minimum atomic E-state index is -0.618. The highest BCUT2D eigenvalue weighted by Gasteiger charge is 2.31. The van der Waals surface area contributed by atoms with E-state index >= 15 is 0 Å². The van der Waals surface area contributed by atoms with Gasteiger partial charge in [-0.25, -0.2) is 9.59 Å². The Morgan fingerprint density at radius 3 is 2.33 bits per heavy atom. The van der Waals surface area contributed by atoms with Crippen LogP contribution in [0.25, 0.3) is 10.9 Å². The minimum absolute atomic E-state index is 0.0335. The van der Waals surface area contributed by atoms with E-state index in [4.69, 9.17) is 14.2 Å². The van der Waals surface area contributed by atoms with E-state index in [1.54, 1.807) is 36.9 Å². The van der Waals surface area contributed by atoms with E-state index in [2.05, 4.69) is 9.80 Å². The molecule has 1 saturated heterocycles. The quantitative estimate of drug-likeness (QED) is 0.382. The van der Waals surface area contributed by atoms with E-state index in [0.717, 1.165) is 46.4 Å². The van der Waals surface area contributed by atoms with Crippen molar-refractivity contribution < 1.29 is 28.6 Å². The van der Waals surface area contributed by atoms with Gasteiger partial charge in [0.05, 0.1) is 31.8 Å². The number of piperazine rings is 1. The van der Waals surface area contributed by atoms with Gasteiger partial charge in [0.1, 0.15) is 17.1 Å². The Kier molecular flexibility index (Phi) is 8.65. The number of carbonyl (C=O) groups is 3. The molecule has 3 aromatic rings. The molecule has 0 aliphatic carbocycles. The molecule has 1 fully saturated rings. The number of ketones is 1. The van der Waals surface area contributed by atoms with E-state index in [1.165, 1.54) is 7.11 Å². The number of carbonyl (C=O) groups excluding carboxylic acids is 3. The number of benzene rings is 2. The van der Waals surface area contributed by atoms with E-state index < -0.39 is 11.7 Å². The van der Waals surface area contributed by atoms with E-state index in [1.807, 2.05) is 52.0 Å². The molecule has 9 heteroatoms. The number of esters is 1. The molecule has 1 aliphatic heterocycles. The first-order valence-corrected chi connectivity index (χ1v) is 13.5. The Bertz CT molecular complexity index is 1400. The van der Waals surface area contributed by atoms with Crippen molar-refractivity contribution in [1.29, 1.82) is 0 Å². The summed E-state index contributed by atoms with van der Waals surface area (Å²) >= 11 is 0. The molecule has 1 aromatic heterocycles. The summed E-state index contributed by atoms with van der Waals surface area (Å²) in [6.45, 7) is 12.2. The summed E-state index contributed by atoms with van der Waals surface area (Å²) < 4.78 is 17.9. The largest absolute Gasteiger partial charge is 0.496 e. The van der Waals surface area contributed by atoms with Crippen molar-refractivity contribution >= 4 is 28.7 Å². The van der Waals surface area contributed by atoms with Crippen LogP contribution < -0.4 is 4.74 Å². The molecule has 0 spiro atoms. The average Bonchev–Trinajstić information content (AvgIpc) is 3.35. The molecule has 1 atom stereocenters. The fourth-order valence-corrected chi connectivity index (χ4v) is 5.37. The fraction of sp³-hybridized carbons (Fsp3) is 0.452. The van der Waals surface area contributed by atoms with Crippen LogP contribution in [0.5, 0.6) is 5.75 Å². The Morgan fingerprint density at radius 1 is 1.02 bits per heavy atom. The maximum Gasteiger partial charge on any atom is 0.419 e. The van der Waals surface area contributed by atoms with E-state index in [-0.39, 0.29) is 17.8 Å². The number of aryl methyl sites for hydroxylation is 1. The second-order valence-electron chi connectivity index (χ2n) is 11.3. The summed E-state index contributed by atoms with van der Waals surface area (Å²) in [4.78, 5) is 41.5. The maximum absolute atomic E-state index is 13.0. The Morgan fingerprint density at radius 2 is 1.73 bits per heavy atom. The first-order valence-electron chi connectivity index (χ1n) is 13.5. The number of Topliss-reactive ketones (excluding diaryl/α,β-unsaturated/α-hetero) is 1. The van der Waals surface area contributed by atoms with Crippen LogP contribution in [0.1, 0.15) is 60.8 Å². The van der Waals surface area contributed by atoms with Gasteiger partial charge in [-0.2, -0.15) is 0 Å². The van der Waals surface area contributed by atoms with Gasteiger partial charge in [-0.05, 0) is 70.0 Å². The van der Waals surface area contributed by atoms with Gasteiger partial charge in [0.15, 0.2) is 0 Å². The maximum atomic E-state index is 13.0. The van der Waals surface area contributed by atoms with Crippen LogP contribution in [0.4, 0.5) is 4.79 Å². The average molecular weight is 550 g/mol. The molecule has 0 bridgehead atoms. The predicted molar refractivity (Wildman–Crippen MR) is 153 cm³/mol. The Labute approximate surface area is 235 Å². The molecule has 2 heterocycles. The SMILES string of the molecule is COC(=O)c1ccc([C@@H]2CN(CC(C)=O)CCN2Cc2c(OC)cc(C)c3c2ccn3C(=O)OC(C)(C)C)cc1. The second kappa shape index (κ2) is 11.8. The number of hydrogen-bond acceptors (Lipinski definition) is 8. The van der Waals surface area contributed by atoms with Crippen molar-refractivity contribution in [2.45, 2.75) is 52.8 Å². The molecule has 0 saturated carbocycles. The van der Waals surface area contributed by atoms with E-state index in [9.17, 15) is 14.4 Å². The lowest BCUT2D eigenvalue weighted by molar-refractivity contribution is -0.118. The topological polar surface area (TPSA) is 90.3 Å². The lowest BCUT2D eigenvalue weighted by atomic mass is 9.98. The van der Waals surface area contributed by atoms with E-state index in [0.29, 0.717) is 25.2 Å². The van der Waals surface area contributed by atoms with Crippen molar-refractivity contribution in [2.24, 2.45) is 0 Å². The van der Waals surface area contributed by atoms with Gasteiger partial charge in [0.25, 0.3) is 0 Å². The third kappa shape index (κ3) is 6.37. The van der Waals surface area contributed by atoms with Gasteiger partial charge in [0, 0.05) is 49.4 Å². The molecule has 0 radical (unpaired) electrons. The number of nitrogens with zero attached hydrogens (tertiary/aromatic N) is 3. The van der Waals surface area contributed by atoms with Crippen LogP contribution in [0.2, 0.25) is 0 Å². The first-order chi connectivity index (χ1) is 18.9. The molecular formula is C31H39N3O6. The molecule has 40 heavy (non-hydrogen) atoms. The van der Waals surface area contributed by atoms with Gasteiger partial charge in [-0.1, -0.05) is 12.1 Å². The van der Waals surface area contributed by atoms with Gasteiger partial charge in [-0.3, -0.25) is 19.2 Å². The summed E-state index contributed by atoms with van der Waals surface area (Å²) in [5.74, 6) is 0.489. The Balaban J connectivity index is 1.73. The van der Waals surface area contributed by atoms with Crippen molar-refractivity contribution in [3.63, 3.8) is 0 Å². The molecule has 0 unspecified atom stereocenters. The minimum Gasteiger partial charge on any atom is -0.496 e. The number of fused-ring (bicyclic) bond motifs is 1. The number of rotatable bonds is 7. The zero-order valence-corrected chi connectivity index (χ0v) is 24.4. The van der Waals surface area contributed by atoms with Crippen molar-refractivity contribution in [2.75, 3.05) is 40.4 Å². The summed E-state index contributed by atoms with van der Waals surface area (Å²) in [6, 6.07) is 11.3. The van der Waals surface area contributed by atoms with Gasteiger partial charge < -0.3 is 14.2 Å². The van der Waals surface area contributed by atoms with Crippen LogP contribution in [-0.2, 0) is 20.8 Å². The molecule has 1 aliphatic rings. The third-order valence-corrected chi connectivity index (χ3v) is 7.14. The predicted octanol–water partition coefficient (Wildman–Crippen LogP) is 4.98. The molecule has 0 amide bonds. The monoisotopic (exact) mass is 549 g/mol. The fourth-order valence-electron chi connectivity index (χ4n) is 5.37. The van der Waals surface area contributed by atoms with Gasteiger partial charge in [-0.15, -0.1) is 0 Å². The second-order valence-corrected chi connectivity index (χ2v) is 11.3. The standard InChI is InChI=1S/C31H39N3O6/c1-20-16-27(38-6)25(24-12-13-34(28(20)24)30(37)40-31(3,4)5)18-33-15-14-32(17-21(2)35)19-26(33)22-8-10-23(11-9-22)29(36)39-7/h8-13,16,26H,14-15,17-19H2,1-7H3/t26-/m0/s1. The molecule has 4 rings (SSSR count). The van der Waals surface area contributed by atoms with Crippen LogP contribution in [0.15, 0.2) is 42.6 Å². The van der Waals surface area contributed by atoms with Crippen LogP contribution in [0.3, 0.4) is 0 Å². The molecule has 9 nitrogen and oxygen atoms in total. The number of methoxy groups -OCH3 is 2. The normalized spacial score (nSPS) is 16.6. The lowest BCUT2D eigenvalue weighted by Crippen LogP contribution is -2.49. The van der Waals surface area contributed by atoms with Crippen molar-refractivity contribution in [3.05, 3.63) is 64.8 Å². The first kappa shape index (κ1) is 29.3. The molecule has 214 valence electrons. The number of aromatic nitrogens is 1. The lowest BCUT2D eigenvalue weighted by Gasteiger charge is -2.41. The van der Waals surface area contributed by atoms with Crippen LogP contribution in [-0.4, -0.2) is 78.2 Å². The highest BCUT2D eigenvalue weighted by Crippen LogP contribution is 2.36. The van der Waals surface area contributed by atoms with Gasteiger partial charge in [0.2, 0.25) is 0 Å². The highest BCUT2D eigenvalue weighted by atomic mass is 16.6. The number of hydrogen-bond donors (Lipinski definition) is 0. The third-order valence-electron chi connectivity index (χ3n) is 7.14.